The van der Waals surface area contributed by atoms with E-state index in [2.05, 4.69) is 33.5 Å². The van der Waals surface area contributed by atoms with Crippen LogP contribution in [-0.4, -0.2) is 15.9 Å². The molecule has 0 unspecified atom stereocenters. The minimum atomic E-state index is -0.0687. The molecule has 0 saturated heterocycles. The van der Waals surface area contributed by atoms with E-state index in [1.54, 1.807) is 0 Å². The number of amides is 1. The lowest BCUT2D eigenvalue weighted by Gasteiger charge is -2.05. The van der Waals surface area contributed by atoms with Crippen LogP contribution in [0.5, 0.6) is 0 Å². The Kier molecular flexibility index (Phi) is 3.53. The summed E-state index contributed by atoms with van der Waals surface area (Å²) < 4.78 is 0. The lowest BCUT2D eigenvalue weighted by molar-refractivity contribution is -0.110. The SMILES string of the molecule is Cc1ccc(-c2ccc3c(c2)/C(=C/c2[nH]c(C)cc2C)C(=O)N3)cn1. The Hall–Kier alpha value is -3.14. The highest BCUT2D eigenvalue weighted by Crippen LogP contribution is 2.36. The van der Waals surface area contributed by atoms with E-state index in [1.165, 1.54) is 0 Å². The molecule has 4 nitrogen and oxygen atoms in total. The van der Waals surface area contributed by atoms with Crippen molar-refractivity contribution in [3.8, 4) is 11.1 Å². The Morgan fingerprint density at radius 3 is 2.48 bits per heavy atom. The summed E-state index contributed by atoms with van der Waals surface area (Å²) in [7, 11) is 0. The number of hydrogen-bond acceptors (Lipinski definition) is 2. The quantitative estimate of drug-likeness (QED) is 0.680. The van der Waals surface area contributed by atoms with Crippen LogP contribution in [0.25, 0.3) is 22.8 Å². The number of nitrogens with zero attached hydrogens (tertiary/aromatic N) is 1. The van der Waals surface area contributed by atoms with Crippen LogP contribution in [0.15, 0.2) is 42.6 Å². The Balaban J connectivity index is 1.81. The molecule has 0 radical (unpaired) electrons. The monoisotopic (exact) mass is 329 g/mol. The van der Waals surface area contributed by atoms with Crippen LogP contribution in [0.2, 0.25) is 0 Å². The van der Waals surface area contributed by atoms with E-state index < -0.39 is 0 Å². The van der Waals surface area contributed by atoms with Gasteiger partial charge in [-0.1, -0.05) is 12.1 Å². The van der Waals surface area contributed by atoms with Crippen LogP contribution in [0.4, 0.5) is 5.69 Å². The van der Waals surface area contributed by atoms with Gasteiger partial charge in [0.2, 0.25) is 0 Å². The number of anilines is 1. The van der Waals surface area contributed by atoms with Gasteiger partial charge in [0.15, 0.2) is 0 Å². The first-order valence-corrected chi connectivity index (χ1v) is 8.28. The van der Waals surface area contributed by atoms with E-state index >= 15 is 0 Å². The summed E-state index contributed by atoms with van der Waals surface area (Å²) in [4.78, 5) is 20.1. The number of rotatable bonds is 2. The number of pyridine rings is 1. The lowest BCUT2D eigenvalue weighted by Crippen LogP contribution is -2.03. The number of hydrogen-bond donors (Lipinski definition) is 2. The fourth-order valence-electron chi connectivity index (χ4n) is 3.19. The van der Waals surface area contributed by atoms with Gasteiger partial charge in [-0.05, 0) is 62.2 Å². The van der Waals surface area contributed by atoms with Crippen molar-refractivity contribution in [2.24, 2.45) is 0 Å². The number of benzene rings is 1. The van der Waals surface area contributed by atoms with Gasteiger partial charge in [-0.2, -0.15) is 0 Å². The third-order valence-corrected chi connectivity index (χ3v) is 4.53. The van der Waals surface area contributed by atoms with E-state index in [1.807, 2.05) is 51.2 Å². The van der Waals surface area contributed by atoms with Crippen LogP contribution < -0.4 is 5.32 Å². The summed E-state index contributed by atoms with van der Waals surface area (Å²) >= 11 is 0. The van der Waals surface area contributed by atoms with Crippen molar-refractivity contribution in [2.75, 3.05) is 5.32 Å². The van der Waals surface area contributed by atoms with Crippen LogP contribution in [0, 0.1) is 20.8 Å². The van der Waals surface area contributed by atoms with Gasteiger partial charge in [-0.3, -0.25) is 9.78 Å². The summed E-state index contributed by atoms with van der Waals surface area (Å²) in [5.74, 6) is -0.0687. The summed E-state index contributed by atoms with van der Waals surface area (Å²) in [6, 6.07) is 12.1. The van der Waals surface area contributed by atoms with Gasteiger partial charge in [0.05, 0.1) is 5.57 Å². The summed E-state index contributed by atoms with van der Waals surface area (Å²) in [6.07, 6.45) is 3.80. The molecule has 3 heterocycles. The highest BCUT2D eigenvalue weighted by atomic mass is 16.2. The lowest BCUT2D eigenvalue weighted by atomic mass is 9.99. The van der Waals surface area contributed by atoms with E-state index in [9.17, 15) is 4.79 Å². The third-order valence-electron chi connectivity index (χ3n) is 4.53. The number of H-pyrrole nitrogens is 1. The maximum Gasteiger partial charge on any atom is 0.256 e. The minimum Gasteiger partial charge on any atom is -0.359 e. The third kappa shape index (κ3) is 2.76. The zero-order valence-corrected chi connectivity index (χ0v) is 14.5. The highest BCUT2D eigenvalue weighted by molar-refractivity contribution is 6.35. The normalized spacial score (nSPS) is 14.7. The first-order valence-electron chi connectivity index (χ1n) is 8.28. The van der Waals surface area contributed by atoms with E-state index in [0.29, 0.717) is 5.57 Å². The van der Waals surface area contributed by atoms with Crippen LogP contribution >= 0.6 is 0 Å². The minimum absolute atomic E-state index is 0.0687. The molecule has 1 aliphatic rings. The molecule has 3 aromatic rings. The predicted molar refractivity (Wildman–Crippen MR) is 101 cm³/mol. The topological polar surface area (TPSA) is 57.8 Å². The molecule has 2 aromatic heterocycles. The number of aromatic nitrogens is 2. The molecule has 124 valence electrons. The summed E-state index contributed by atoms with van der Waals surface area (Å²) in [5, 5.41) is 2.95. The van der Waals surface area contributed by atoms with Crippen molar-refractivity contribution in [1.82, 2.24) is 9.97 Å². The standard InChI is InChI=1S/C21H19N3O/c1-12-8-14(3)23-20(12)10-18-17-9-15(6-7-19(17)24-21(18)25)16-5-4-13(2)22-11-16/h4-11,23H,1-3H3,(H,24,25)/b18-10-. The molecule has 1 amide bonds. The predicted octanol–water partition coefficient (Wildman–Crippen LogP) is 4.49. The molecule has 0 saturated carbocycles. The number of nitrogens with one attached hydrogen (secondary N) is 2. The van der Waals surface area contributed by atoms with E-state index in [0.717, 1.165) is 45.0 Å². The Bertz CT molecular complexity index is 1010. The first kappa shape index (κ1) is 15.4. The molecule has 25 heavy (non-hydrogen) atoms. The van der Waals surface area contributed by atoms with Gasteiger partial charge >= 0.3 is 0 Å². The van der Waals surface area contributed by atoms with Crippen molar-refractivity contribution >= 4 is 23.2 Å². The van der Waals surface area contributed by atoms with Crippen LogP contribution in [0.3, 0.4) is 0 Å². The van der Waals surface area contributed by atoms with Gasteiger partial charge in [0, 0.05) is 40.1 Å². The summed E-state index contributed by atoms with van der Waals surface area (Å²) in [5.41, 5.74) is 8.72. The van der Waals surface area contributed by atoms with Crippen molar-refractivity contribution in [3.63, 3.8) is 0 Å². The molecular formula is C21H19N3O. The molecule has 2 N–H and O–H groups in total. The molecule has 1 aliphatic heterocycles. The van der Waals surface area contributed by atoms with Crippen LogP contribution in [-0.2, 0) is 4.79 Å². The van der Waals surface area contributed by atoms with Crippen LogP contribution in [0.1, 0.15) is 28.2 Å². The van der Waals surface area contributed by atoms with E-state index in [-0.39, 0.29) is 5.91 Å². The fourth-order valence-corrected chi connectivity index (χ4v) is 3.19. The van der Waals surface area contributed by atoms with Crippen molar-refractivity contribution in [2.45, 2.75) is 20.8 Å². The highest BCUT2D eigenvalue weighted by Gasteiger charge is 2.25. The molecule has 4 rings (SSSR count). The number of carbonyl (C=O) groups is 1. The molecule has 0 bridgehead atoms. The molecule has 1 aromatic carbocycles. The van der Waals surface area contributed by atoms with Gasteiger partial charge < -0.3 is 10.3 Å². The summed E-state index contributed by atoms with van der Waals surface area (Å²) in [6.45, 7) is 6.02. The Morgan fingerprint density at radius 1 is 1.00 bits per heavy atom. The van der Waals surface area contributed by atoms with Gasteiger partial charge in [0.1, 0.15) is 0 Å². The van der Waals surface area contributed by atoms with Crippen molar-refractivity contribution in [1.29, 1.82) is 0 Å². The molecule has 4 heteroatoms. The zero-order valence-electron chi connectivity index (χ0n) is 14.5. The number of aromatic amines is 1. The maximum absolute atomic E-state index is 12.4. The van der Waals surface area contributed by atoms with E-state index in [4.69, 9.17) is 0 Å². The molecule has 0 atom stereocenters. The molecular weight excluding hydrogens is 310 g/mol. The van der Waals surface area contributed by atoms with Gasteiger partial charge in [0.25, 0.3) is 5.91 Å². The first-order chi connectivity index (χ1) is 12.0. The average Bonchev–Trinajstić information content (AvgIpc) is 3.07. The Labute approximate surface area is 146 Å². The second-order valence-corrected chi connectivity index (χ2v) is 6.51. The maximum atomic E-state index is 12.4. The smallest absolute Gasteiger partial charge is 0.256 e. The number of carbonyl (C=O) groups excluding carboxylic acids is 1. The van der Waals surface area contributed by atoms with Gasteiger partial charge in [-0.25, -0.2) is 0 Å². The second kappa shape index (κ2) is 5.74. The van der Waals surface area contributed by atoms with Gasteiger partial charge in [-0.15, -0.1) is 0 Å². The number of fused-ring (bicyclic) bond motifs is 1. The number of aryl methyl sites for hydroxylation is 3. The molecule has 0 aliphatic carbocycles. The molecule has 0 fully saturated rings. The Morgan fingerprint density at radius 2 is 1.80 bits per heavy atom. The average molecular weight is 329 g/mol. The zero-order chi connectivity index (χ0) is 17.6. The second-order valence-electron chi connectivity index (χ2n) is 6.51. The van der Waals surface area contributed by atoms with Crippen molar-refractivity contribution < 1.29 is 4.79 Å². The van der Waals surface area contributed by atoms with Crippen molar-refractivity contribution in [3.05, 3.63) is 70.8 Å². The largest absolute Gasteiger partial charge is 0.359 e. The fraction of sp³-hybridized carbons (Fsp3) is 0.143. The molecule has 0 spiro atoms.